The van der Waals surface area contributed by atoms with E-state index in [1.54, 1.807) is 12.1 Å². The van der Waals surface area contributed by atoms with Crippen molar-refractivity contribution in [2.75, 3.05) is 0 Å². The highest BCUT2D eigenvalue weighted by molar-refractivity contribution is 6.31. The molecule has 2 rings (SSSR count). The Bertz CT molecular complexity index is 590. The molecule has 20 heavy (non-hydrogen) atoms. The topological polar surface area (TPSA) is 38.0 Å². The molecule has 1 atom stereocenters. The highest BCUT2D eigenvalue weighted by atomic mass is 35.5. The van der Waals surface area contributed by atoms with E-state index in [1.165, 1.54) is 6.07 Å². The van der Waals surface area contributed by atoms with Gasteiger partial charge in [0.15, 0.2) is 0 Å². The standard InChI is InChI=1S/C15H15Cl2FN2/c16-13-4-2-1-3-11(13)9-12(20-19)7-10-5-6-14(17)15(18)8-10/h1-6,8,12,20H,7,9,19H2. The van der Waals surface area contributed by atoms with Gasteiger partial charge in [-0.15, -0.1) is 0 Å². The molecule has 0 spiro atoms. The van der Waals surface area contributed by atoms with Crippen LogP contribution in [-0.4, -0.2) is 6.04 Å². The van der Waals surface area contributed by atoms with Gasteiger partial charge in [-0.05, 0) is 42.2 Å². The predicted molar refractivity (Wildman–Crippen MR) is 81.4 cm³/mol. The van der Waals surface area contributed by atoms with Crippen LogP contribution in [0.2, 0.25) is 10.0 Å². The smallest absolute Gasteiger partial charge is 0.142 e. The predicted octanol–water partition coefficient (Wildman–Crippen LogP) is 3.75. The summed E-state index contributed by atoms with van der Waals surface area (Å²) in [6.45, 7) is 0. The molecule has 0 fully saturated rings. The Morgan fingerprint density at radius 2 is 1.80 bits per heavy atom. The maximum Gasteiger partial charge on any atom is 0.142 e. The molecule has 3 N–H and O–H groups in total. The van der Waals surface area contributed by atoms with Crippen LogP contribution in [0.1, 0.15) is 11.1 Å². The maximum atomic E-state index is 13.4. The Hall–Kier alpha value is -1.13. The lowest BCUT2D eigenvalue weighted by atomic mass is 9.99. The van der Waals surface area contributed by atoms with E-state index < -0.39 is 5.82 Å². The van der Waals surface area contributed by atoms with Crippen LogP contribution in [-0.2, 0) is 12.8 Å². The summed E-state index contributed by atoms with van der Waals surface area (Å²) < 4.78 is 13.4. The van der Waals surface area contributed by atoms with Crippen molar-refractivity contribution in [1.82, 2.24) is 5.43 Å². The number of hydrogen-bond donors (Lipinski definition) is 2. The highest BCUT2D eigenvalue weighted by Crippen LogP contribution is 2.20. The third-order valence-corrected chi connectivity index (χ3v) is 3.80. The lowest BCUT2D eigenvalue weighted by Crippen LogP contribution is -2.38. The van der Waals surface area contributed by atoms with Crippen LogP contribution in [0.3, 0.4) is 0 Å². The van der Waals surface area contributed by atoms with Crippen molar-refractivity contribution >= 4 is 23.2 Å². The van der Waals surface area contributed by atoms with E-state index in [0.717, 1.165) is 11.1 Å². The molecule has 0 aliphatic heterocycles. The summed E-state index contributed by atoms with van der Waals surface area (Å²) in [5.74, 6) is 5.15. The quantitative estimate of drug-likeness (QED) is 0.652. The van der Waals surface area contributed by atoms with Crippen molar-refractivity contribution in [1.29, 1.82) is 0 Å². The molecule has 106 valence electrons. The Morgan fingerprint density at radius 1 is 1.05 bits per heavy atom. The summed E-state index contributed by atoms with van der Waals surface area (Å²) in [7, 11) is 0. The van der Waals surface area contributed by atoms with E-state index in [0.29, 0.717) is 17.9 Å². The normalized spacial score (nSPS) is 12.4. The Labute approximate surface area is 127 Å². The summed E-state index contributed by atoms with van der Waals surface area (Å²) in [6.07, 6.45) is 1.26. The monoisotopic (exact) mass is 312 g/mol. The van der Waals surface area contributed by atoms with Gasteiger partial charge in [0.25, 0.3) is 0 Å². The zero-order valence-electron chi connectivity index (χ0n) is 10.7. The van der Waals surface area contributed by atoms with E-state index >= 15 is 0 Å². The summed E-state index contributed by atoms with van der Waals surface area (Å²) in [5.41, 5.74) is 4.59. The minimum Gasteiger partial charge on any atom is -0.271 e. The van der Waals surface area contributed by atoms with Gasteiger partial charge in [-0.1, -0.05) is 47.5 Å². The van der Waals surface area contributed by atoms with Crippen LogP contribution >= 0.6 is 23.2 Å². The van der Waals surface area contributed by atoms with Crippen molar-refractivity contribution in [3.05, 3.63) is 69.5 Å². The average molecular weight is 313 g/mol. The van der Waals surface area contributed by atoms with Gasteiger partial charge in [0.1, 0.15) is 5.82 Å². The van der Waals surface area contributed by atoms with Crippen LogP contribution in [0.4, 0.5) is 4.39 Å². The summed E-state index contributed by atoms with van der Waals surface area (Å²) in [6, 6.07) is 12.3. The number of hydrogen-bond acceptors (Lipinski definition) is 2. The molecule has 0 saturated heterocycles. The molecular weight excluding hydrogens is 298 g/mol. The third kappa shape index (κ3) is 3.93. The third-order valence-electron chi connectivity index (χ3n) is 3.13. The first-order valence-corrected chi connectivity index (χ1v) is 6.99. The summed E-state index contributed by atoms with van der Waals surface area (Å²) in [4.78, 5) is 0. The zero-order valence-corrected chi connectivity index (χ0v) is 12.3. The van der Waals surface area contributed by atoms with Crippen molar-refractivity contribution in [2.24, 2.45) is 5.84 Å². The van der Waals surface area contributed by atoms with Crippen LogP contribution in [0.5, 0.6) is 0 Å². The fraction of sp³-hybridized carbons (Fsp3) is 0.200. The van der Waals surface area contributed by atoms with Gasteiger partial charge in [-0.25, -0.2) is 4.39 Å². The fourth-order valence-corrected chi connectivity index (χ4v) is 2.40. The molecule has 2 nitrogen and oxygen atoms in total. The second-order valence-corrected chi connectivity index (χ2v) is 5.43. The molecule has 0 bridgehead atoms. The van der Waals surface area contributed by atoms with Crippen molar-refractivity contribution in [2.45, 2.75) is 18.9 Å². The molecule has 0 aliphatic carbocycles. The first-order chi connectivity index (χ1) is 9.60. The zero-order chi connectivity index (χ0) is 14.5. The van der Waals surface area contributed by atoms with Gasteiger partial charge in [-0.2, -0.15) is 0 Å². The van der Waals surface area contributed by atoms with Crippen LogP contribution in [0.25, 0.3) is 0 Å². The molecule has 0 radical (unpaired) electrons. The van der Waals surface area contributed by atoms with Crippen LogP contribution in [0, 0.1) is 5.82 Å². The van der Waals surface area contributed by atoms with E-state index in [-0.39, 0.29) is 11.1 Å². The number of hydrazine groups is 1. The molecule has 0 saturated carbocycles. The highest BCUT2D eigenvalue weighted by Gasteiger charge is 2.12. The molecule has 5 heteroatoms. The summed E-state index contributed by atoms with van der Waals surface area (Å²) in [5, 5.41) is 0.826. The largest absolute Gasteiger partial charge is 0.271 e. The number of nitrogens with two attached hydrogens (primary N) is 1. The number of benzene rings is 2. The Balaban J connectivity index is 2.09. The van der Waals surface area contributed by atoms with Crippen molar-refractivity contribution in [3.63, 3.8) is 0 Å². The average Bonchev–Trinajstić information content (AvgIpc) is 2.44. The number of halogens is 3. The van der Waals surface area contributed by atoms with Crippen molar-refractivity contribution < 1.29 is 4.39 Å². The van der Waals surface area contributed by atoms with Crippen LogP contribution < -0.4 is 11.3 Å². The molecule has 2 aromatic rings. The summed E-state index contributed by atoms with van der Waals surface area (Å²) >= 11 is 11.8. The molecule has 0 amide bonds. The second kappa shape index (κ2) is 7.04. The molecule has 0 heterocycles. The van der Waals surface area contributed by atoms with Crippen molar-refractivity contribution in [3.8, 4) is 0 Å². The van der Waals surface area contributed by atoms with Gasteiger partial charge < -0.3 is 0 Å². The first kappa shape index (κ1) is 15.3. The lowest BCUT2D eigenvalue weighted by Gasteiger charge is -2.17. The van der Waals surface area contributed by atoms with Gasteiger partial charge >= 0.3 is 0 Å². The van der Waals surface area contributed by atoms with E-state index in [2.05, 4.69) is 5.43 Å². The Morgan fingerprint density at radius 3 is 2.45 bits per heavy atom. The molecule has 0 aromatic heterocycles. The minimum absolute atomic E-state index is 0.0320. The first-order valence-electron chi connectivity index (χ1n) is 6.23. The molecule has 1 unspecified atom stereocenters. The van der Waals surface area contributed by atoms with E-state index in [4.69, 9.17) is 29.0 Å². The fourth-order valence-electron chi connectivity index (χ4n) is 2.07. The van der Waals surface area contributed by atoms with Gasteiger partial charge in [0.2, 0.25) is 0 Å². The molecule has 2 aromatic carbocycles. The number of rotatable bonds is 5. The number of nitrogens with one attached hydrogen (secondary N) is 1. The lowest BCUT2D eigenvalue weighted by molar-refractivity contribution is 0.520. The SMILES string of the molecule is NNC(Cc1ccc(Cl)c(F)c1)Cc1ccccc1Cl. The maximum absolute atomic E-state index is 13.4. The van der Waals surface area contributed by atoms with Gasteiger partial charge in [0.05, 0.1) is 5.02 Å². The second-order valence-electron chi connectivity index (χ2n) is 4.61. The molecule has 0 aliphatic rings. The Kier molecular flexibility index (Phi) is 5.38. The van der Waals surface area contributed by atoms with Crippen LogP contribution in [0.15, 0.2) is 42.5 Å². The minimum atomic E-state index is -0.419. The van der Waals surface area contributed by atoms with Gasteiger partial charge in [-0.3, -0.25) is 11.3 Å². The van der Waals surface area contributed by atoms with Gasteiger partial charge in [0, 0.05) is 11.1 Å². The van der Waals surface area contributed by atoms with E-state index in [1.807, 2.05) is 24.3 Å². The molecular formula is C15H15Cl2FN2. The van der Waals surface area contributed by atoms with E-state index in [9.17, 15) is 4.39 Å².